The van der Waals surface area contributed by atoms with Crippen molar-refractivity contribution in [1.29, 1.82) is 0 Å². The molecule has 12 heteroatoms. The summed E-state index contributed by atoms with van der Waals surface area (Å²) in [4.78, 5) is 10.1. The van der Waals surface area contributed by atoms with Crippen LogP contribution in [0, 0.1) is 6.92 Å². The Balaban J connectivity index is 0.000000485. The van der Waals surface area contributed by atoms with Crippen LogP contribution in [-0.2, 0) is 42.7 Å². The van der Waals surface area contributed by atoms with Crippen molar-refractivity contribution >= 4 is 29.3 Å². The van der Waals surface area contributed by atoms with Gasteiger partial charge in [0, 0.05) is 12.7 Å². The molecule has 3 atom stereocenters. The van der Waals surface area contributed by atoms with Crippen LogP contribution in [0.3, 0.4) is 0 Å². The van der Waals surface area contributed by atoms with Crippen molar-refractivity contribution in [2.24, 2.45) is 0 Å². The van der Waals surface area contributed by atoms with Crippen LogP contribution in [0.15, 0.2) is 0 Å². The minimum Gasteiger partial charge on any atom is -1.00 e. The Morgan fingerprint density at radius 2 is 1.44 bits per heavy atom. The van der Waals surface area contributed by atoms with E-state index in [4.69, 9.17) is 37.9 Å². The van der Waals surface area contributed by atoms with Gasteiger partial charge in [-0.15, -0.1) is 0 Å². The van der Waals surface area contributed by atoms with Crippen LogP contribution in [0.1, 0.15) is 34.1 Å². The Morgan fingerprint density at radius 3 is 1.78 bits per heavy atom. The molecule has 4 aliphatic rings. The fourth-order valence-electron chi connectivity index (χ4n) is 2.99. The Kier molecular flexibility index (Phi) is 15.8. The summed E-state index contributed by atoms with van der Waals surface area (Å²) in [5.74, 6) is -1.16. The molecule has 0 aliphatic carbocycles. The second-order valence-corrected chi connectivity index (χ2v) is 8.02. The predicted octanol–water partition coefficient (Wildman–Crippen LogP) is -2.58. The van der Waals surface area contributed by atoms with Crippen molar-refractivity contribution < 1.29 is 64.8 Å². The molecule has 10 nitrogen and oxygen atoms in total. The topological polar surface area (TPSA) is 111 Å². The van der Waals surface area contributed by atoms with Gasteiger partial charge in [0.25, 0.3) is 0 Å². The molecular formula is C20H35BrMgO10. The monoisotopic (exact) mass is 538 g/mol. The van der Waals surface area contributed by atoms with Crippen LogP contribution >= 0.6 is 0 Å². The Morgan fingerprint density at radius 1 is 0.938 bits per heavy atom. The van der Waals surface area contributed by atoms with E-state index in [-0.39, 0.29) is 64.8 Å². The van der Waals surface area contributed by atoms with Gasteiger partial charge in [0.1, 0.15) is 12.2 Å². The number of rotatable bonds is 4. The van der Waals surface area contributed by atoms with Crippen molar-refractivity contribution in [1.82, 2.24) is 0 Å². The number of ether oxygens (including phenoxy) is 8. The summed E-state index contributed by atoms with van der Waals surface area (Å²) in [6.45, 7) is 14.2. The van der Waals surface area contributed by atoms with Gasteiger partial charge in [0.15, 0.2) is 24.2 Å². The first-order valence-electron chi connectivity index (χ1n) is 10.2. The normalized spacial score (nSPS) is 29.6. The minimum absolute atomic E-state index is 0. The van der Waals surface area contributed by atoms with Gasteiger partial charge in [-0.1, -0.05) is 0 Å². The molecule has 4 fully saturated rings. The fraction of sp³-hybridized carbons (Fsp3) is 0.900. The SMILES string of the molecule is CC1(C)OC[C@@H](C=O)O1.CC1(C)OC[C@@H]([C@H](O)CC2OCCO2)O1.[Br-].[CH2-]C1OCCO1.[Mg+2]. The molecular weight excluding hydrogens is 504 g/mol. The third-order valence-electron chi connectivity index (χ3n) is 4.46. The number of hydrogen-bond acceptors (Lipinski definition) is 10. The fourth-order valence-corrected chi connectivity index (χ4v) is 2.99. The molecule has 1 N–H and O–H groups in total. The van der Waals surface area contributed by atoms with Crippen LogP contribution in [0.5, 0.6) is 0 Å². The largest absolute Gasteiger partial charge is 2.00 e. The van der Waals surface area contributed by atoms with Gasteiger partial charge in [-0.3, -0.25) is 6.92 Å². The van der Waals surface area contributed by atoms with E-state index in [0.29, 0.717) is 46.1 Å². The number of carbonyl (C=O) groups is 1. The molecule has 0 aromatic rings. The summed E-state index contributed by atoms with van der Waals surface area (Å²) in [6.07, 6.45) is -0.557. The van der Waals surface area contributed by atoms with Crippen molar-refractivity contribution in [3.05, 3.63) is 6.92 Å². The maximum atomic E-state index is 10.1. The van der Waals surface area contributed by atoms with E-state index >= 15 is 0 Å². The summed E-state index contributed by atoms with van der Waals surface area (Å²) in [5.41, 5.74) is 0. The summed E-state index contributed by atoms with van der Waals surface area (Å²) < 4.78 is 41.3. The van der Waals surface area contributed by atoms with Crippen molar-refractivity contribution in [3.8, 4) is 0 Å². The molecule has 4 saturated heterocycles. The van der Waals surface area contributed by atoms with Crippen LogP contribution in [0.4, 0.5) is 0 Å². The molecule has 0 aromatic carbocycles. The van der Waals surface area contributed by atoms with Gasteiger partial charge in [0.2, 0.25) is 0 Å². The van der Waals surface area contributed by atoms with Crippen molar-refractivity contribution in [2.75, 3.05) is 39.6 Å². The van der Waals surface area contributed by atoms with Gasteiger partial charge < -0.3 is 64.8 Å². The number of carbonyl (C=O) groups excluding carboxylic acids is 1. The first kappa shape index (κ1) is 32.6. The summed E-state index contributed by atoms with van der Waals surface area (Å²) in [5, 5.41) is 9.88. The second kappa shape index (κ2) is 15.5. The standard InChI is InChI=1S/C10H18O5.C6H10O3.C4H7O2.BrH.Mg/c1-10(2)14-6-8(15-10)7(11)5-9-12-3-4-13-9;1-6(2)8-4-5(3-7)9-6;1-4-5-2-3-6-4;;/h7-9,11H,3-6H2,1-2H3;3,5H,4H2,1-2H3;4H,1-3H2;1H;/q;;-1;;+2/p-1/t7-,8+;5-;;;/m11.../s1. The van der Waals surface area contributed by atoms with Gasteiger partial charge in [-0.2, -0.15) is 0 Å². The maximum Gasteiger partial charge on any atom is 2.00 e. The van der Waals surface area contributed by atoms with Gasteiger partial charge in [-0.05, 0) is 27.7 Å². The van der Waals surface area contributed by atoms with E-state index in [1.165, 1.54) is 0 Å². The van der Waals surface area contributed by atoms with Crippen LogP contribution in [0.25, 0.3) is 0 Å². The Bertz CT molecular complexity index is 513. The van der Waals surface area contributed by atoms with Crippen molar-refractivity contribution in [3.63, 3.8) is 0 Å². The molecule has 32 heavy (non-hydrogen) atoms. The summed E-state index contributed by atoms with van der Waals surface area (Å²) in [7, 11) is 0. The number of hydrogen-bond donors (Lipinski definition) is 1. The zero-order valence-corrected chi connectivity index (χ0v) is 22.3. The molecule has 4 heterocycles. The quantitative estimate of drug-likeness (QED) is 0.232. The number of halogens is 1. The molecule has 0 radical (unpaired) electrons. The third kappa shape index (κ3) is 12.3. The molecule has 0 bridgehead atoms. The molecule has 184 valence electrons. The number of aldehydes is 1. The molecule has 0 spiro atoms. The minimum atomic E-state index is -0.602. The third-order valence-corrected chi connectivity index (χ3v) is 4.46. The average molecular weight is 540 g/mol. The molecule has 0 saturated carbocycles. The predicted molar refractivity (Wildman–Crippen MR) is 109 cm³/mol. The summed E-state index contributed by atoms with van der Waals surface area (Å²) >= 11 is 0. The smallest absolute Gasteiger partial charge is 1.00 e. The molecule has 4 aliphatic heterocycles. The maximum absolute atomic E-state index is 10.1. The van der Waals surface area contributed by atoms with Crippen LogP contribution < -0.4 is 17.0 Å². The van der Waals surface area contributed by atoms with Gasteiger partial charge in [-0.25, -0.2) is 0 Å². The van der Waals surface area contributed by atoms with E-state index in [0.717, 1.165) is 6.29 Å². The molecule has 4 rings (SSSR count). The number of aliphatic hydroxyl groups is 1. The molecule has 0 amide bonds. The van der Waals surface area contributed by atoms with Crippen molar-refractivity contribution in [2.45, 2.75) is 76.6 Å². The first-order valence-corrected chi connectivity index (χ1v) is 10.2. The zero-order chi connectivity index (χ0) is 22.2. The first-order chi connectivity index (χ1) is 14.1. The van der Waals surface area contributed by atoms with Gasteiger partial charge in [0.05, 0.1) is 45.7 Å². The Hall–Kier alpha value is 0.556. The second-order valence-electron chi connectivity index (χ2n) is 8.02. The van der Waals surface area contributed by atoms with E-state index in [1.807, 2.05) is 13.8 Å². The van der Waals surface area contributed by atoms with E-state index < -0.39 is 17.7 Å². The molecule has 0 unspecified atom stereocenters. The van der Waals surface area contributed by atoms with Gasteiger partial charge >= 0.3 is 23.1 Å². The van der Waals surface area contributed by atoms with Crippen LogP contribution in [0.2, 0.25) is 0 Å². The molecule has 0 aromatic heterocycles. The Labute approximate surface area is 216 Å². The summed E-state index contributed by atoms with van der Waals surface area (Å²) in [6, 6.07) is 0. The van der Waals surface area contributed by atoms with E-state index in [2.05, 4.69) is 6.92 Å². The van der Waals surface area contributed by atoms with E-state index in [1.54, 1.807) is 13.8 Å². The average Bonchev–Trinajstić information content (AvgIpc) is 3.45. The zero-order valence-electron chi connectivity index (χ0n) is 19.3. The number of aliphatic hydroxyl groups excluding tert-OH is 1. The van der Waals surface area contributed by atoms with Crippen LogP contribution in [-0.4, -0.2) is 117 Å². The van der Waals surface area contributed by atoms with E-state index in [9.17, 15) is 9.90 Å².